The highest BCUT2D eigenvalue weighted by Crippen LogP contribution is 2.27. The normalized spacial score (nSPS) is 10.0. The Morgan fingerprint density at radius 1 is 1.32 bits per heavy atom. The molecule has 0 aliphatic rings. The number of aliphatic carboxylic acids is 1. The predicted molar refractivity (Wildman–Crippen MR) is 78.1 cm³/mol. The summed E-state index contributed by atoms with van der Waals surface area (Å²) in [6, 6.07) is 3.90. The predicted octanol–water partition coefficient (Wildman–Crippen LogP) is 1.98. The van der Waals surface area contributed by atoms with Crippen LogP contribution in [-0.2, 0) is 4.79 Å². The number of nitrogens with one attached hydrogen (secondary N) is 1. The summed E-state index contributed by atoms with van der Waals surface area (Å²) < 4.78 is 4.90. The van der Waals surface area contributed by atoms with Crippen molar-refractivity contribution in [2.24, 2.45) is 0 Å². The molecular formula is C14H18N2O6. The monoisotopic (exact) mass is 310 g/mol. The highest BCUT2D eigenvalue weighted by molar-refractivity contribution is 5.95. The van der Waals surface area contributed by atoms with Crippen molar-refractivity contribution >= 4 is 17.6 Å². The van der Waals surface area contributed by atoms with Crippen molar-refractivity contribution in [2.75, 3.05) is 13.7 Å². The summed E-state index contributed by atoms with van der Waals surface area (Å²) in [5, 5.41) is 21.9. The van der Waals surface area contributed by atoms with E-state index in [-0.39, 0.29) is 29.3 Å². The van der Waals surface area contributed by atoms with Crippen LogP contribution in [0.2, 0.25) is 0 Å². The molecule has 1 aromatic rings. The number of carbonyl (C=O) groups excluding carboxylic acids is 1. The maximum atomic E-state index is 11.9. The van der Waals surface area contributed by atoms with E-state index in [0.29, 0.717) is 25.8 Å². The zero-order valence-corrected chi connectivity index (χ0v) is 12.2. The van der Waals surface area contributed by atoms with Crippen LogP contribution >= 0.6 is 0 Å². The van der Waals surface area contributed by atoms with Gasteiger partial charge in [-0.15, -0.1) is 0 Å². The molecule has 0 radical (unpaired) electrons. The lowest BCUT2D eigenvalue weighted by Crippen LogP contribution is -2.24. The number of hydrogen-bond donors (Lipinski definition) is 2. The van der Waals surface area contributed by atoms with Crippen LogP contribution < -0.4 is 10.1 Å². The Bertz CT molecular complexity index is 558. The number of carboxylic acids is 1. The molecule has 0 atom stereocenters. The van der Waals surface area contributed by atoms with Gasteiger partial charge in [0, 0.05) is 30.7 Å². The van der Waals surface area contributed by atoms with E-state index >= 15 is 0 Å². The van der Waals surface area contributed by atoms with Crippen LogP contribution in [0.5, 0.6) is 5.75 Å². The van der Waals surface area contributed by atoms with E-state index in [1.165, 1.54) is 25.3 Å². The summed E-state index contributed by atoms with van der Waals surface area (Å²) in [5.41, 5.74) is 0.0701. The van der Waals surface area contributed by atoms with Crippen molar-refractivity contribution in [1.82, 2.24) is 5.32 Å². The molecule has 0 aromatic heterocycles. The molecular weight excluding hydrogens is 292 g/mol. The van der Waals surface area contributed by atoms with Gasteiger partial charge >= 0.3 is 11.7 Å². The summed E-state index contributed by atoms with van der Waals surface area (Å²) in [6.45, 7) is 0.414. The van der Waals surface area contributed by atoms with E-state index in [4.69, 9.17) is 9.84 Å². The maximum absolute atomic E-state index is 11.9. The molecule has 0 spiro atoms. The second-order valence-electron chi connectivity index (χ2n) is 4.60. The van der Waals surface area contributed by atoms with Crippen LogP contribution in [0.15, 0.2) is 18.2 Å². The fourth-order valence-electron chi connectivity index (χ4n) is 1.85. The van der Waals surface area contributed by atoms with Crippen LogP contribution in [-0.4, -0.2) is 35.6 Å². The molecule has 1 amide bonds. The molecule has 0 unspecified atom stereocenters. The van der Waals surface area contributed by atoms with Crippen LogP contribution in [0, 0.1) is 10.1 Å². The standard InChI is InChI=1S/C14H18N2O6/c1-22-12-9-10(6-7-11(12)16(20)21)14(19)15-8-4-2-3-5-13(17)18/h6-7,9H,2-5,8H2,1H3,(H,15,19)(H,17,18). The molecule has 22 heavy (non-hydrogen) atoms. The van der Waals surface area contributed by atoms with Crippen molar-refractivity contribution in [1.29, 1.82) is 0 Å². The van der Waals surface area contributed by atoms with E-state index in [1.807, 2.05) is 0 Å². The first-order valence-corrected chi connectivity index (χ1v) is 6.78. The van der Waals surface area contributed by atoms with E-state index < -0.39 is 10.9 Å². The Morgan fingerprint density at radius 2 is 2.05 bits per heavy atom. The molecule has 2 N–H and O–H groups in total. The number of amides is 1. The maximum Gasteiger partial charge on any atom is 0.310 e. The minimum atomic E-state index is -0.831. The van der Waals surface area contributed by atoms with E-state index in [1.54, 1.807) is 0 Å². The number of carboxylic acid groups (broad SMARTS) is 1. The molecule has 8 heteroatoms. The lowest BCUT2D eigenvalue weighted by atomic mass is 10.1. The second kappa shape index (κ2) is 8.60. The van der Waals surface area contributed by atoms with Gasteiger partial charge in [-0.3, -0.25) is 19.7 Å². The summed E-state index contributed by atoms with van der Waals surface area (Å²) in [7, 11) is 1.30. The Hall–Kier alpha value is -2.64. The number of methoxy groups -OCH3 is 1. The van der Waals surface area contributed by atoms with Crippen molar-refractivity contribution in [3.05, 3.63) is 33.9 Å². The number of benzene rings is 1. The number of ether oxygens (including phenoxy) is 1. The number of nitro groups is 1. The average molecular weight is 310 g/mol. The smallest absolute Gasteiger partial charge is 0.310 e. The quantitative estimate of drug-likeness (QED) is 0.409. The molecule has 1 aromatic carbocycles. The van der Waals surface area contributed by atoms with Gasteiger partial charge in [0.05, 0.1) is 12.0 Å². The molecule has 0 fully saturated rings. The number of nitro benzene ring substituents is 1. The number of rotatable bonds is 9. The summed E-state index contributed by atoms with van der Waals surface area (Å²) in [4.78, 5) is 32.4. The number of unbranched alkanes of at least 4 members (excludes halogenated alkanes) is 2. The van der Waals surface area contributed by atoms with E-state index in [9.17, 15) is 19.7 Å². The van der Waals surface area contributed by atoms with Gasteiger partial charge in [-0.05, 0) is 18.9 Å². The Balaban J connectivity index is 2.49. The van der Waals surface area contributed by atoms with Crippen LogP contribution in [0.3, 0.4) is 0 Å². The first kappa shape index (κ1) is 17.4. The van der Waals surface area contributed by atoms with E-state index in [2.05, 4.69) is 5.32 Å². The fourth-order valence-corrected chi connectivity index (χ4v) is 1.85. The molecule has 0 aliphatic heterocycles. The van der Waals surface area contributed by atoms with Gasteiger partial charge in [-0.1, -0.05) is 6.42 Å². The molecule has 0 saturated heterocycles. The van der Waals surface area contributed by atoms with Gasteiger partial charge in [0.15, 0.2) is 5.75 Å². The third-order valence-corrected chi connectivity index (χ3v) is 2.99. The highest BCUT2D eigenvalue weighted by atomic mass is 16.6. The second-order valence-corrected chi connectivity index (χ2v) is 4.60. The number of hydrogen-bond acceptors (Lipinski definition) is 5. The minimum absolute atomic E-state index is 0.0270. The lowest BCUT2D eigenvalue weighted by molar-refractivity contribution is -0.385. The Labute approximate surface area is 127 Å². The Morgan fingerprint density at radius 3 is 2.64 bits per heavy atom. The molecule has 1 rings (SSSR count). The number of carbonyl (C=O) groups is 2. The van der Waals surface area contributed by atoms with Crippen molar-refractivity contribution in [3.63, 3.8) is 0 Å². The van der Waals surface area contributed by atoms with Gasteiger partial charge in [-0.2, -0.15) is 0 Å². The van der Waals surface area contributed by atoms with Gasteiger partial charge in [-0.25, -0.2) is 0 Å². The summed E-state index contributed by atoms with van der Waals surface area (Å²) in [6.07, 6.45) is 2.06. The first-order chi connectivity index (χ1) is 10.5. The topological polar surface area (TPSA) is 119 Å². The lowest BCUT2D eigenvalue weighted by Gasteiger charge is -2.07. The highest BCUT2D eigenvalue weighted by Gasteiger charge is 2.17. The molecule has 120 valence electrons. The average Bonchev–Trinajstić information content (AvgIpc) is 2.49. The van der Waals surface area contributed by atoms with Crippen molar-refractivity contribution in [2.45, 2.75) is 25.7 Å². The molecule has 0 bridgehead atoms. The first-order valence-electron chi connectivity index (χ1n) is 6.78. The fraction of sp³-hybridized carbons (Fsp3) is 0.429. The van der Waals surface area contributed by atoms with Gasteiger partial charge in [0.2, 0.25) is 0 Å². The summed E-state index contributed by atoms with van der Waals surface area (Å²) in [5.74, 6) is -1.16. The zero-order valence-electron chi connectivity index (χ0n) is 12.2. The molecule has 0 aliphatic carbocycles. The molecule has 0 heterocycles. The minimum Gasteiger partial charge on any atom is -0.490 e. The SMILES string of the molecule is COc1cc(C(=O)NCCCCCC(=O)O)ccc1[N+](=O)[O-]. The van der Waals surface area contributed by atoms with Gasteiger partial charge < -0.3 is 15.2 Å². The largest absolute Gasteiger partial charge is 0.490 e. The Kier molecular flexibility index (Phi) is 6.81. The third kappa shape index (κ3) is 5.39. The van der Waals surface area contributed by atoms with E-state index in [0.717, 1.165) is 0 Å². The number of nitrogens with zero attached hydrogens (tertiary/aromatic N) is 1. The van der Waals surface area contributed by atoms with Crippen LogP contribution in [0.4, 0.5) is 5.69 Å². The van der Waals surface area contributed by atoms with Crippen molar-refractivity contribution in [3.8, 4) is 5.75 Å². The third-order valence-electron chi connectivity index (χ3n) is 2.99. The summed E-state index contributed by atoms with van der Waals surface area (Å²) >= 11 is 0. The van der Waals surface area contributed by atoms with Gasteiger partial charge in [0.25, 0.3) is 5.91 Å². The molecule has 0 saturated carbocycles. The zero-order chi connectivity index (χ0) is 16.5. The van der Waals surface area contributed by atoms with Crippen LogP contribution in [0.25, 0.3) is 0 Å². The van der Waals surface area contributed by atoms with Gasteiger partial charge in [0.1, 0.15) is 0 Å². The molecule has 8 nitrogen and oxygen atoms in total. The van der Waals surface area contributed by atoms with Crippen LogP contribution in [0.1, 0.15) is 36.0 Å². The van der Waals surface area contributed by atoms with Crippen molar-refractivity contribution < 1.29 is 24.4 Å².